The molecule has 0 spiro atoms. The van der Waals surface area contributed by atoms with Crippen molar-refractivity contribution in [1.82, 2.24) is 25.1 Å². The average Bonchev–Trinajstić information content (AvgIpc) is 2.84. The first-order chi connectivity index (χ1) is 9.22. The Hall–Kier alpha value is -2.70. The highest BCUT2D eigenvalue weighted by Crippen LogP contribution is 2.19. The molecule has 96 valence electrons. The second-order valence-electron chi connectivity index (χ2n) is 4.19. The Morgan fingerprint density at radius 3 is 3.00 bits per heavy atom. The smallest absolute Gasteiger partial charge is 0.224 e. The maximum atomic E-state index is 5.65. The molecule has 0 aliphatic heterocycles. The summed E-state index contributed by atoms with van der Waals surface area (Å²) < 4.78 is 0. The summed E-state index contributed by atoms with van der Waals surface area (Å²) in [6, 6.07) is 5.89. The van der Waals surface area contributed by atoms with E-state index in [2.05, 4.69) is 30.5 Å². The van der Waals surface area contributed by atoms with Crippen molar-refractivity contribution >= 4 is 22.8 Å². The van der Waals surface area contributed by atoms with Gasteiger partial charge >= 0.3 is 0 Å². The SMILES string of the molecule is Cc1cccc(CNc2nc(N)nc3[nH]ncc23)n1. The quantitative estimate of drug-likeness (QED) is 0.650. The molecule has 0 saturated carbocycles. The van der Waals surface area contributed by atoms with E-state index in [1.54, 1.807) is 6.20 Å². The fourth-order valence-corrected chi connectivity index (χ4v) is 1.86. The zero-order valence-electron chi connectivity index (χ0n) is 10.4. The number of H-pyrrole nitrogens is 1. The monoisotopic (exact) mass is 255 g/mol. The second-order valence-corrected chi connectivity index (χ2v) is 4.19. The highest BCUT2D eigenvalue weighted by atomic mass is 15.2. The minimum absolute atomic E-state index is 0.205. The van der Waals surface area contributed by atoms with Gasteiger partial charge in [0.25, 0.3) is 0 Å². The molecule has 3 aromatic rings. The van der Waals surface area contributed by atoms with E-state index in [4.69, 9.17) is 5.73 Å². The molecule has 0 aliphatic carbocycles. The predicted molar refractivity (Wildman–Crippen MR) is 72.4 cm³/mol. The van der Waals surface area contributed by atoms with Crippen molar-refractivity contribution < 1.29 is 0 Å². The normalized spacial score (nSPS) is 10.8. The number of hydrogen-bond donors (Lipinski definition) is 3. The van der Waals surface area contributed by atoms with Crippen molar-refractivity contribution in [2.75, 3.05) is 11.1 Å². The summed E-state index contributed by atoms with van der Waals surface area (Å²) in [5.41, 5.74) is 8.19. The fraction of sp³-hybridized carbons (Fsp3) is 0.167. The van der Waals surface area contributed by atoms with Crippen LogP contribution in [-0.4, -0.2) is 25.1 Å². The number of aromatic nitrogens is 5. The molecule has 0 radical (unpaired) electrons. The number of nitrogen functional groups attached to an aromatic ring is 1. The van der Waals surface area contributed by atoms with Crippen molar-refractivity contribution in [3.8, 4) is 0 Å². The number of nitrogens with zero attached hydrogens (tertiary/aromatic N) is 4. The van der Waals surface area contributed by atoms with Crippen LogP contribution in [0.3, 0.4) is 0 Å². The second kappa shape index (κ2) is 4.52. The topological polar surface area (TPSA) is 105 Å². The van der Waals surface area contributed by atoms with Crippen molar-refractivity contribution in [3.05, 3.63) is 35.8 Å². The summed E-state index contributed by atoms with van der Waals surface area (Å²) >= 11 is 0. The molecular formula is C12H13N7. The summed E-state index contributed by atoms with van der Waals surface area (Å²) in [7, 11) is 0. The van der Waals surface area contributed by atoms with E-state index in [0.29, 0.717) is 18.0 Å². The summed E-state index contributed by atoms with van der Waals surface area (Å²) in [6.45, 7) is 2.53. The van der Waals surface area contributed by atoms with Crippen LogP contribution < -0.4 is 11.1 Å². The number of nitrogens with two attached hydrogens (primary N) is 1. The summed E-state index contributed by atoms with van der Waals surface area (Å²) in [5.74, 6) is 0.857. The van der Waals surface area contributed by atoms with Gasteiger partial charge in [-0.25, -0.2) is 0 Å². The van der Waals surface area contributed by atoms with E-state index in [1.807, 2.05) is 25.1 Å². The van der Waals surface area contributed by atoms with Gasteiger partial charge in [0.1, 0.15) is 5.82 Å². The zero-order valence-corrected chi connectivity index (χ0v) is 10.4. The Bertz CT molecular complexity index is 719. The molecule has 7 heteroatoms. The molecule has 3 heterocycles. The first kappa shape index (κ1) is 11.4. The van der Waals surface area contributed by atoms with Crippen molar-refractivity contribution in [2.45, 2.75) is 13.5 Å². The van der Waals surface area contributed by atoms with Crippen LogP contribution in [0.15, 0.2) is 24.4 Å². The number of nitrogens with one attached hydrogen (secondary N) is 2. The molecule has 19 heavy (non-hydrogen) atoms. The van der Waals surface area contributed by atoms with Crippen LogP contribution in [0.1, 0.15) is 11.4 Å². The van der Waals surface area contributed by atoms with Crippen LogP contribution in [0.4, 0.5) is 11.8 Å². The van der Waals surface area contributed by atoms with Gasteiger partial charge in [0.05, 0.1) is 23.8 Å². The third kappa shape index (κ3) is 2.30. The third-order valence-electron chi connectivity index (χ3n) is 2.71. The number of fused-ring (bicyclic) bond motifs is 1. The molecule has 0 fully saturated rings. The molecule has 0 atom stereocenters. The number of aromatic amines is 1. The molecule has 0 bridgehead atoms. The van der Waals surface area contributed by atoms with Gasteiger partial charge in [-0.05, 0) is 19.1 Å². The van der Waals surface area contributed by atoms with Crippen molar-refractivity contribution in [2.24, 2.45) is 0 Å². The Kier molecular flexibility index (Phi) is 2.71. The Labute approximate surface area is 109 Å². The molecule has 3 aromatic heterocycles. The standard InChI is InChI=1S/C12H13N7/c1-7-3-2-4-8(16-7)5-14-10-9-6-15-19-11(9)18-12(13)17-10/h2-4,6H,5H2,1H3,(H4,13,14,15,17,18,19). The van der Waals surface area contributed by atoms with Crippen LogP contribution in [0.25, 0.3) is 11.0 Å². The van der Waals surface area contributed by atoms with E-state index in [9.17, 15) is 0 Å². The summed E-state index contributed by atoms with van der Waals surface area (Å²) in [5, 5.41) is 10.7. The number of rotatable bonds is 3. The molecule has 7 nitrogen and oxygen atoms in total. The molecule has 0 amide bonds. The van der Waals surface area contributed by atoms with Gasteiger partial charge in [0.2, 0.25) is 5.95 Å². The van der Waals surface area contributed by atoms with Gasteiger partial charge in [-0.3, -0.25) is 10.1 Å². The lowest BCUT2D eigenvalue weighted by atomic mass is 10.3. The predicted octanol–water partition coefficient (Wildman–Crippen LogP) is 1.25. The first-order valence-electron chi connectivity index (χ1n) is 5.85. The summed E-state index contributed by atoms with van der Waals surface area (Å²) in [4.78, 5) is 12.7. The van der Waals surface area contributed by atoms with Gasteiger partial charge < -0.3 is 11.1 Å². The number of pyridine rings is 1. The largest absolute Gasteiger partial charge is 0.368 e. The minimum atomic E-state index is 0.205. The molecule has 0 aromatic carbocycles. The van der Waals surface area contributed by atoms with Gasteiger partial charge in [-0.2, -0.15) is 15.1 Å². The van der Waals surface area contributed by atoms with Crippen molar-refractivity contribution in [1.29, 1.82) is 0 Å². The van der Waals surface area contributed by atoms with Crippen LogP contribution in [-0.2, 0) is 6.54 Å². The summed E-state index contributed by atoms with van der Waals surface area (Å²) in [6.07, 6.45) is 1.67. The van der Waals surface area contributed by atoms with Crippen LogP contribution in [0, 0.1) is 6.92 Å². The van der Waals surface area contributed by atoms with Crippen molar-refractivity contribution in [3.63, 3.8) is 0 Å². The van der Waals surface area contributed by atoms with Gasteiger partial charge in [0.15, 0.2) is 5.65 Å². The maximum absolute atomic E-state index is 5.65. The van der Waals surface area contributed by atoms with Gasteiger partial charge in [0, 0.05) is 5.69 Å². The van der Waals surface area contributed by atoms with E-state index in [1.165, 1.54) is 0 Å². The molecule has 0 saturated heterocycles. The zero-order chi connectivity index (χ0) is 13.2. The lowest BCUT2D eigenvalue weighted by Crippen LogP contribution is -2.06. The molecule has 0 aliphatic rings. The van der Waals surface area contributed by atoms with Crippen LogP contribution >= 0.6 is 0 Å². The molecular weight excluding hydrogens is 242 g/mol. The van der Waals surface area contributed by atoms with Crippen LogP contribution in [0.2, 0.25) is 0 Å². The highest BCUT2D eigenvalue weighted by Gasteiger charge is 2.07. The Morgan fingerprint density at radius 1 is 1.26 bits per heavy atom. The maximum Gasteiger partial charge on any atom is 0.224 e. The Morgan fingerprint density at radius 2 is 2.16 bits per heavy atom. The Balaban J connectivity index is 1.87. The minimum Gasteiger partial charge on any atom is -0.368 e. The lowest BCUT2D eigenvalue weighted by molar-refractivity contribution is 1.00. The highest BCUT2D eigenvalue weighted by molar-refractivity contribution is 5.86. The van der Waals surface area contributed by atoms with Gasteiger partial charge in [-0.15, -0.1) is 0 Å². The number of hydrogen-bond acceptors (Lipinski definition) is 6. The number of anilines is 2. The molecule has 0 unspecified atom stereocenters. The van der Waals surface area contributed by atoms with E-state index in [0.717, 1.165) is 16.8 Å². The molecule has 4 N–H and O–H groups in total. The van der Waals surface area contributed by atoms with Crippen LogP contribution in [0.5, 0.6) is 0 Å². The average molecular weight is 255 g/mol. The van der Waals surface area contributed by atoms with E-state index >= 15 is 0 Å². The first-order valence-corrected chi connectivity index (χ1v) is 5.85. The lowest BCUT2D eigenvalue weighted by Gasteiger charge is -2.07. The third-order valence-corrected chi connectivity index (χ3v) is 2.71. The van der Waals surface area contributed by atoms with E-state index < -0.39 is 0 Å². The molecule has 3 rings (SSSR count). The number of aryl methyl sites for hydroxylation is 1. The fourth-order valence-electron chi connectivity index (χ4n) is 1.86. The van der Waals surface area contributed by atoms with E-state index in [-0.39, 0.29) is 5.95 Å². The van der Waals surface area contributed by atoms with Gasteiger partial charge in [-0.1, -0.05) is 6.07 Å².